The molecule has 2 saturated heterocycles. The number of benzene rings is 2. The highest BCUT2D eigenvalue weighted by Gasteiger charge is 2.60. The Kier molecular flexibility index (Phi) is 9.94. The van der Waals surface area contributed by atoms with Crippen molar-refractivity contribution in [2.75, 3.05) is 39.4 Å². The van der Waals surface area contributed by atoms with Gasteiger partial charge in [0.1, 0.15) is 22.1 Å². The van der Waals surface area contributed by atoms with Crippen LogP contribution in [0.2, 0.25) is 5.02 Å². The minimum Gasteiger partial charge on any atom is -0.441 e. The molecule has 5 rings (SSSR count). The van der Waals surface area contributed by atoms with E-state index in [0.29, 0.717) is 76.7 Å². The van der Waals surface area contributed by atoms with Gasteiger partial charge in [0.05, 0.1) is 30.3 Å². The topological polar surface area (TPSA) is 111 Å². The van der Waals surface area contributed by atoms with Crippen molar-refractivity contribution < 1.29 is 36.9 Å². The molecule has 1 aliphatic carbocycles. The lowest BCUT2D eigenvalue weighted by molar-refractivity contribution is -0.0147. The molecule has 2 heterocycles. The average Bonchev–Trinajstić information content (AvgIpc) is 3.77. The number of carbonyl (C=O) groups is 1. The van der Waals surface area contributed by atoms with Crippen LogP contribution in [0.25, 0.3) is 0 Å². The molecule has 0 radical (unpaired) electrons. The molecule has 236 valence electrons. The normalized spacial score (nSPS) is 23.0. The van der Waals surface area contributed by atoms with E-state index in [4.69, 9.17) is 16.3 Å². The van der Waals surface area contributed by atoms with Crippen molar-refractivity contribution >= 4 is 27.7 Å². The van der Waals surface area contributed by atoms with Crippen molar-refractivity contribution in [2.45, 2.75) is 73.6 Å². The molecular formula is C30H38ClF2N3O6S. The summed E-state index contributed by atoms with van der Waals surface area (Å²) in [5.41, 5.74) is -0.578. The molecule has 2 N–H and O–H groups in total. The highest BCUT2D eigenvalue weighted by Crippen LogP contribution is 2.53. The minimum absolute atomic E-state index is 0.0225. The summed E-state index contributed by atoms with van der Waals surface area (Å²) < 4.78 is 64.3. The van der Waals surface area contributed by atoms with Crippen LogP contribution in [0.15, 0.2) is 47.4 Å². The summed E-state index contributed by atoms with van der Waals surface area (Å²) >= 11 is 6.26. The Bertz CT molecular complexity index is 1400. The van der Waals surface area contributed by atoms with Crippen LogP contribution in [0.1, 0.15) is 56.6 Å². The molecule has 0 aromatic heterocycles. The Labute approximate surface area is 256 Å². The van der Waals surface area contributed by atoms with Crippen molar-refractivity contribution in [2.24, 2.45) is 0 Å². The Morgan fingerprint density at radius 3 is 2.28 bits per heavy atom. The highest BCUT2D eigenvalue weighted by molar-refractivity contribution is 7.89. The third-order valence-electron chi connectivity index (χ3n) is 8.91. The van der Waals surface area contributed by atoms with Gasteiger partial charge in [-0.2, -0.15) is 4.31 Å². The van der Waals surface area contributed by atoms with Gasteiger partial charge in [-0.1, -0.05) is 23.7 Å². The van der Waals surface area contributed by atoms with Crippen molar-refractivity contribution in [3.63, 3.8) is 0 Å². The van der Waals surface area contributed by atoms with E-state index in [0.717, 1.165) is 18.2 Å². The lowest BCUT2D eigenvalue weighted by atomic mass is 9.90. The first-order valence-electron chi connectivity index (χ1n) is 14.8. The number of likely N-dealkylation sites (tertiary alicyclic amines) is 1. The Hall–Kier alpha value is -2.35. The van der Waals surface area contributed by atoms with Crippen LogP contribution in [0, 0.1) is 11.6 Å². The first-order valence-corrected chi connectivity index (χ1v) is 16.6. The number of aliphatic hydroxyl groups excluding tert-OH is 2. The quantitative estimate of drug-likeness (QED) is 0.398. The number of amides is 1. The lowest BCUT2D eigenvalue weighted by Gasteiger charge is -2.45. The number of piperidine rings is 2. The molecule has 1 amide bonds. The summed E-state index contributed by atoms with van der Waals surface area (Å²) in [5.74, 6) is -1.17. The molecule has 2 atom stereocenters. The predicted octanol–water partition coefficient (Wildman–Crippen LogP) is 4.32. The molecule has 13 heteroatoms. The van der Waals surface area contributed by atoms with Crippen LogP contribution in [-0.2, 0) is 14.8 Å². The van der Waals surface area contributed by atoms with E-state index in [1.165, 1.54) is 22.5 Å². The molecule has 9 nitrogen and oxygen atoms in total. The maximum atomic E-state index is 14.3. The van der Waals surface area contributed by atoms with E-state index in [1.807, 2.05) is 4.90 Å². The second-order valence-corrected chi connectivity index (χ2v) is 13.8. The fourth-order valence-electron chi connectivity index (χ4n) is 6.64. The molecule has 3 aliphatic rings. The van der Waals surface area contributed by atoms with E-state index in [1.54, 1.807) is 11.0 Å². The molecule has 2 aliphatic heterocycles. The fraction of sp³-hybridized carbons (Fsp3) is 0.567. The number of nitrogens with zero attached hydrogens (tertiary/aromatic N) is 3. The molecule has 0 spiro atoms. The average molecular weight is 642 g/mol. The number of rotatable bonds is 10. The van der Waals surface area contributed by atoms with E-state index in [2.05, 4.69) is 0 Å². The number of halogens is 3. The molecule has 0 bridgehead atoms. The smallest absolute Gasteiger partial charge is 0.410 e. The molecule has 0 unspecified atom stereocenters. The highest BCUT2D eigenvalue weighted by atomic mass is 35.5. The van der Waals surface area contributed by atoms with Crippen LogP contribution in [0.3, 0.4) is 0 Å². The van der Waals surface area contributed by atoms with Gasteiger partial charge in [0.15, 0.2) is 0 Å². The van der Waals surface area contributed by atoms with Gasteiger partial charge in [0.25, 0.3) is 0 Å². The lowest BCUT2D eigenvalue weighted by Crippen LogP contribution is -2.55. The van der Waals surface area contributed by atoms with Crippen LogP contribution in [0.5, 0.6) is 0 Å². The van der Waals surface area contributed by atoms with Gasteiger partial charge in [0, 0.05) is 32.2 Å². The second kappa shape index (κ2) is 13.3. The SMILES string of the molecule is O=C(OC1([C@H]2CCC[C@@H](c3cccc(F)c3)N2S(=O)(=O)c2ccc(F)cc2Cl)CC1)N1CCC(N(CCO)CCO)CC1. The number of carbonyl (C=O) groups excluding carboxylic acids is 1. The number of hydrogen-bond donors (Lipinski definition) is 2. The van der Waals surface area contributed by atoms with Crippen molar-refractivity contribution in [1.29, 1.82) is 0 Å². The number of hydrogen-bond acceptors (Lipinski definition) is 7. The van der Waals surface area contributed by atoms with Crippen LogP contribution in [0.4, 0.5) is 13.6 Å². The number of ether oxygens (including phenoxy) is 1. The van der Waals surface area contributed by atoms with E-state index in [-0.39, 0.29) is 29.2 Å². The number of sulfonamides is 1. The number of aliphatic hydroxyl groups is 2. The van der Waals surface area contributed by atoms with Gasteiger partial charge < -0.3 is 19.8 Å². The Morgan fingerprint density at radius 2 is 1.67 bits per heavy atom. The maximum Gasteiger partial charge on any atom is 0.410 e. The third-order valence-corrected chi connectivity index (χ3v) is 11.3. The second-order valence-electron chi connectivity index (χ2n) is 11.6. The Balaban J connectivity index is 1.40. The van der Waals surface area contributed by atoms with Crippen molar-refractivity contribution in [1.82, 2.24) is 14.1 Å². The minimum atomic E-state index is -4.34. The molecule has 43 heavy (non-hydrogen) atoms. The largest absolute Gasteiger partial charge is 0.441 e. The van der Waals surface area contributed by atoms with E-state index >= 15 is 0 Å². The predicted molar refractivity (Wildman–Crippen MR) is 156 cm³/mol. The molecule has 1 saturated carbocycles. The fourth-order valence-corrected chi connectivity index (χ4v) is 9.07. The van der Waals surface area contributed by atoms with Crippen molar-refractivity contribution in [3.05, 3.63) is 64.7 Å². The zero-order valence-electron chi connectivity index (χ0n) is 23.9. The van der Waals surface area contributed by atoms with Crippen LogP contribution in [-0.4, -0.2) is 95.9 Å². The van der Waals surface area contributed by atoms with Crippen molar-refractivity contribution in [3.8, 4) is 0 Å². The van der Waals surface area contributed by atoms with Gasteiger partial charge in [-0.3, -0.25) is 4.90 Å². The van der Waals surface area contributed by atoms with Crippen LogP contribution >= 0.6 is 11.6 Å². The summed E-state index contributed by atoms with van der Waals surface area (Å²) in [5, 5.41) is 18.5. The van der Waals surface area contributed by atoms with E-state index in [9.17, 15) is 32.2 Å². The van der Waals surface area contributed by atoms with Crippen LogP contribution < -0.4 is 0 Å². The summed E-state index contributed by atoms with van der Waals surface area (Å²) in [4.78, 5) is 16.8. The van der Waals surface area contributed by atoms with Gasteiger partial charge in [-0.25, -0.2) is 22.0 Å². The summed E-state index contributed by atoms with van der Waals surface area (Å²) in [6.45, 7) is 1.69. The third kappa shape index (κ3) is 6.84. The van der Waals surface area contributed by atoms with E-state index < -0.39 is 45.4 Å². The Morgan fingerprint density at radius 1 is 1.00 bits per heavy atom. The van der Waals surface area contributed by atoms with Gasteiger partial charge in [-0.05, 0) is 80.8 Å². The summed E-state index contributed by atoms with van der Waals surface area (Å²) in [7, 11) is -4.34. The first kappa shape index (κ1) is 32.1. The first-order chi connectivity index (χ1) is 20.6. The van der Waals surface area contributed by atoms with Gasteiger partial charge in [-0.15, -0.1) is 0 Å². The maximum absolute atomic E-state index is 14.3. The molecule has 2 aromatic rings. The molecular weight excluding hydrogens is 604 g/mol. The summed E-state index contributed by atoms with van der Waals surface area (Å²) in [6, 6.07) is 7.58. The summed E-state index contributed by atoms with van der Waals surface area (Å²) in [6.07, 6.45) is 3.21. The molecule has 3 fully saturated rings. The standard InChI is InChI=1S/C30H38ClF2N3O6S/c31-25-20-23(33)7-8-27(25)43(40,41)36-26(21-3-1-4-22(32)19-21)5-2-6-28(36)30(11-12-30)42-29(39)35-13-9-24(10-14-35)34(15-17-37)16-18-38/h1,3-4,7-8,19-20,24,26,28,37-38H,2,5-6,9-18H2/t26-,28+/m0/s1. The monoisotopic (exact) mass is 641 g/mol. The van der Waals surface area contributed by atoms with Gasteiger partial charge >= 0.3 is 6.09 Å². The zero-order valence-corrected chi connectivity index (χ0v) is 25.4. The molecule has 2 aromatic carbocycles. The zero-order chi connectivity index (χ0) is 30.8. The van der Waals surface area contributed by atoms with Gasteiger partial charge in [0.2, 0.25) is 10.0 Å².